The molecule has 0 saturated carbocycles. The quantitative estimate of drug-likeness (QED) is 0.539. The highest BCUT2D eigenvalue weighted by Crippen LogP contribution is 2.38. The summed E-state index contributed by atoms with van der Waals surface area (Å²) in [6.45, 7) is 0. The van der Waals surface area contributed by atoms with Crippen LogP contribution in [-0.4, -0.2) is 18.6 Å². The van der Waals surface area contributed by atoms with E-state index in [1.165, 1.54) is 0 Å². The number of pyridine rings is 1. The Kier molecular flexibility index (Phi) is 2.94. The van der Waals surface area contributed by atoms with Gasteiger partial charge in [-0.2, -0.15) is 0 Å². The van der Waals surface area contributed by atoms with Gasteiger partial charge in [-0.1, -0.05) is 47.9 Å². The molecule has 0 atom stereocenters. The largest absolute Gasteiger partial charge is 0.288 e. The van der Waals surface area contributed by atoms with Gasteiger partial charge in [-0.3, -0.25) is 4.79 Å². The van der Waals surface area contributed by atoms with Crippen molar-refractivity contribution in [2.24, 2.45) is 5.18 Å². The number of benzene rings is 2. The van der Waals surface area contributed by atoms with Crippen molar-refractivity contribution in [2.75, 3.05) is 0 Å². The maximum Gasteiger partial charge on any atom is 0.198 e. The number of nitrogens with zero attached hydrogens (tertiary/aromatic N) is 2. The number of fused-ring (bicyclic) bond motifs is 2. The number of allylic oxidation sites excluding steroid dienone is 1. The molecule has 1 aliphatic rings. The van der Waals surface area contributed by atoms with E-state index in [0.717, 1.165) is 5.39 Å². The zero-order chi connectivity index (χ0) is 16.0. The first kappa shape index (κ1) is 13.6. The van der Waals surface area contributed by atoms with Crippen molar-refractivity contribution in [3.8, 4) is 0 Å². The number of nitroso groups, excluding NO2 is 1. The molecule has 5 heteroatoms. The number of aromatic nitrogens is 1. The molecule has 1 heterocycles. The summed E-state index contributed by atoms with van der Waals surface area (Å²) in [4.78, 5) is 28.4. The number of rotatable bonds is 2. The van der Waals surface area contributed by atoms with Crippen molar-refractivity contribution in [1.82, 2.24) is 4.98 Å². The van der Waals surface area contributed by atoms with Gasteiger partial charge >= 0.3 is 0 Å². The first-order valence-electron chi connectivity index (χ1n) is 7.08. The topological polar surface area (TPSA) is 59.4 Å². The van der Waals surface area contributed by atoms with E-state index in [1.807, 2.05) is 6.07 Å². The number of hydrogen-bond acceptors (Lipinski definition) is 4. The van der Waals surface area contributed by atoms with Gasteiger partial charge in [0.1, 0.15) is 13.5 Å². The lowest BCUT2D eigenvalue weighted by Crippen LogP contribution is -2.05. The molecule has 0 N–H and O–H groups in total. The number of hydrogen-bond donors (Lipinski definition) is 0. The molecule has 0 saturated heterocycles. The van der Waals surface area contributed by atoms with Gasteiger partial charge in [-0.25, -0.2) is 4.98 Å². The average Bonchev–Trinajstić information content (AvgIpc) is 2.87. The molecule has 0 bridgehead atoms. The van der Waals surface area contributed by atoms with Gasteiger partial charge < -0.3 is 0 Å². The van der Waals surface area contributed by atoms with Gasteiger partial charge in [0.15, 0.2) is 5.78 Å². The van der Waals surface area contributed by atoms with Crippen LogP contribution in [0.3, 0.4) is 0 Å². The lowest BCUT2D eigenvalue weighted by atomic mass is 9.91. The maximum absolute atomic E-state index is 12.6. The summed E-state index contributed by atoms with van der Waals surface area (Å²) in [6.07, 6.45) is 0. The van der Waals surface area contributed by atoms with Crippen LogP contribution < -0.4 is 5.46 Å². The van der Waals surface area contributed by atoms with E-state index >= 15 is 0 Å². The second kappa shape index (κ2) is 4.99. The minimum absolute atomic E-state index is 0.140. The molecule has 106 valence electrons. The fraction of sp³-hybridized carbons (Fsp3) is 0. The minimum atomic E-state index is -0.231. The Hall–Kier alpha value is -3.08. The standard InChI is InChI=1S/C18H9BN2O2/c19-13-6-3-7-14-12(13)8-9-15(20-14)16-17(21-23)10-4-1-2-5-11(10)18(16)22/h1-9H. The van der Waals surface area contributed by atoms with Gasteiger partial charge in [0.25, 0.3) is 0 Å². The fourth-order valence-electron chi connectivity index (χ4n) is 2.91. The molecular weight excluding hydrogens is 287 g/mol. The zero-order valence-corrected chi connectivity index (χ0v) is 12.0. The fourth-order valence-corrected chi connectivity index (χ4v) is 2.91. The molecular formula is C18H9BN2O2. The van der Waals surface area contributed by atoms with Crippen LogP contribution >= 0.6 is 0 Å². The van der Waals surface area contributed by atoms with Gasteiger partial charge in [-0.15, -0.1) is 4.91 Å². The molecule has 4 nitrogen and oxygen atoms in total. The normalized spacial score (nSPS) is 13.5. The third-order valence-corrected chi connectivity index (χ3v) is 4.00. The molecule has 4 rings (SSSR count). The van der Waals surface area contributed by atoms with E-state index in [1.54, 1.807) is 48.5 Å². The predicted molar refractivity (Wildman–Crippen MR) is 90.5 cm³/mol. The second-order valence-electron chi connectivity index (χ2n) is 5.30. The van der Waals surface area contributed by atoms with Gasteiger partial charge in [-0.05, 0) is 22.7 Å². The van der Waals surface area contributed by atoms with Crippen LogP contribution in [-0.2, 0) is 0 Å². The van der Waals surface area contributed by atoms with Crippen molar-refractivity contribution in [1.29, 1.82) is 0 Å². The number of Topliss-reactive ketones (excluding diaryl/α,β-unsaturated/α-hetero) is 1. The lowest BCUT2D eigenvalue weighted by molar-refractivity contribution is 0.105. The van der Waals surface area contributed by atoms with E-state index in [0.29, 0.717) is 27.8 Å². The van der Waals surface area contributed by atoms with E-state index < -0.39 is 0 Å². The number of carbonyl (C=O) groups excluding carboxylic acids is 1. The summed E-state index contributed by atoms with van der Waals surface area (Å²) in [7, 11) is 5.92. The highest BCUT2D eigenvalue weighted by Gasteiger charge is 2.32. The summed E-state index contributed by atoms with van der Waals surface area (Å²) in [6, 6.07) is 15.8. The number of carbonyl (C=O) groups is 1. The highest BCUT2D eigenvalue weighted by molar-refractivity contribution is 6.40. The van der Waals surface area contributed by atoms with Crippen LogP contribution in [0.4, 0.5) is 0 Å². The summed E-state index contributed by atoms with van der Waals surface area (Å²) in [5.74, 6) is -0.231. The highest BCUT2D eigenvalue weighted by atomic mass is 16.3. The summed E-state index contributed by atoms with van der Waals surface area (Å²) < 4.78 is 0. The SMILES string of the molecule is [B]c1cccc2nc(C3=C(N=O)c4ccccc4C3=O)ccc12. The smallest absolute Gasteiger partial charge is 0.198 e. The molecule has 0 spiro atoms. The van der Waals surface area contributed by atoms with Crippen molar-refractivity contribution >= 4 is 41.3 Å². The van der Waals surface area contributed by atoms with E-state index in [4.69, 9.17) is 7.85 Å². The van der Waals surface area contributed by atoms with Crippen molar-refractivity contribution in [3.63, 3.8) is 0 Å². The Morgan fingerprint density at radius 2 is 1.70 bits per heavy atom. The lowest BCUT2D eigenvalue weighted by Gasteiger charge is -2.06. The minimum Gasteiger partial charge on any atom is -0.288 e. The Bertz CT molecular complexity index is 1020. The van der Waals surface area contributed by atoms with E-state index in [-0.39, 0.29) is 17.1 Å². The summed E-state index contributed by atoms with van der Waals surface area (Å²) in [5, 5.41) is 3.88. The number of ketones is 1. The van der Waals surface area contributed by atoms with Crippen molar-refractivity contribution in [3.05, 3.63) is 76.3 Å². The Balaban J connectivity index is 1.97. The molecule has 23 heavy (non-hydrogen) atoms. The molecule has 0 fully saturated rings. The van der Waals surface area contributed by atoms with Gasteiger partial charge in [0.2, 0.25) is 0 Å². The Labute approximate surface area is 133 Å². The monoisotopic (exact) mass is 296 g/mol. The third-order valence-electron chi connectivity index (χ3n) is 4.00. The average molecular weight is 296 g/mol. The predicted octanol–water partition coefficient (Wildman–Crippen LogP) is 2.86. The van der Waals surface area contributed by atoms with Crippen LogP contribution in [0.15, 0.2) is 59.8 Å². The van der Waals surface area contributed by atoms with Gasteiger partial charge in [0, 0.05) is 11.1 Å². The van der Waals surface area contributed by atoms with Gasteiger partial charge in [0.05, 0.1) is 16.8 Å². The first-order chi connectivity index (χ1) is 11.2. The first-order valence-corrected chi connectivity index (χ1v) is 7.08. The van der Waals surface area contributed by atoms with E-state index in [9.17, 15) is 9.70 Å². The van der Waals surface area contributed by atoms with E-state index in [2.05, 4.69) is 10.2 Å². The van der Waals surface area contributed by atoms with Crippen molar-refractivity contribution in [2.45, 2.75) is 0 Å². The molecule has 2 aromatic carbocycles. The Morgan fingerprint density at radius 1 is 0.913 bits per heavy atom. The molecule has 1 aliphatic carbocycles. The summed E-state index contributed by atoms with van der Waals surface area (Å²) in [5.41, 5.74) is 3.13. The van der Waals surface area contributed by atoms with Crippen LogP contribution in [0.25, 0.3) is 22.2 Å². The molecule has 3 aromatic rings. The molecule has 0 aliphatic heterocycles. The van der Waals surface area contributed by atoms with Crippen LogP contribution in [0.5, 0.6) is 0 Å². The van der Waals surface area contributed by atoms with Crippen molar-refractivity contribution < 1.29 is 4.79 Å². The summed E-state index contributed by atoms with van der Waals surface area (Å²) >= 11 is 0. The zero-order valence-electron chi connectivity index (χ0n) is 12.0. The molecule has 0 amide bonds. The van der Waals surface area contributed by atoms with Crippen LogP contribution in [0, 0.1) is 4.91 Å². The van der Waals surface area contributed by atoms with Crippen LogP contribution in [0.1, 0.15) is 21.6 Å². The molecule has 2 radical (unpaired) electrons. The maximum atomic E-state index is 12.6. The molecule has 0 unspecified atom stereocenters. The second-order valence-corrected chi connectivity index (χ2v) is 5.30. The molecule has 1 aromatic heterocycles. The van der Waals surface area contributed by atoms with Crippen LogP contribution in [0.2, 0.25) is 0 Å². The Morgan fingerprint density at radius 3 is 2.48 bits per heavy atom. The third kappa shape index (κ3) is 1.94.